The largest absolute Gasteiger partial charge is 0.326 e. The molecule has 2 amide bonds. The second kappa shape index (κ2) is 10.8. The molecule has 0 unspecified atom stereocenters. The van der Waals surface area contributed by atoms with E-state index in [9.17, 15) is 9.59 Å². The van der Waals surface area contributed by atoms with E-state index in [2.05, 4.69) is 24.5 Å². The van der Waals surface area contributed by atoms with Crippen LogP contribution in [0.2, 0.25) is 0 Å². The van der Waals surface area contributed by atoms with E-state index >= 15 is 0 Å². The van der Waals surface area contributed by atoms with Gasteiger partial charge in [0.1, 0.15) is 0 Å². The maximum absolute atomic E-state index is 12.4. The van der Waals surface area contributed by atoms with Gasteiger partial charge in [-0.25, -0.2) is 0 Å². The van der Waals surface area contributed by atoms with Crippen LogP contribution in [0.3, 0.4) is 0 Å². The van der Waals surface area contributed by atoms with Crippen molar-refractivity contribution in [2.75, 3.05) is 16.4 Å². The highest BCUT2D eigenvalue weighted by molar-refractivity contribution is 8.00. The van der Waals surface area contributed by atoms with Crippen LogP contribution in [0.25, 0.3) is 0 Å². The Morgan fingerprint density at radius 3 is 2.52 bits per heavy atom. The monoisotopic (exact) mass is 384 g/mol. The third-order valence-corrected chi connectivity index (χ3v) is 5.24. The number of thioether (sulfide) groups is 1. The van der Waals surface area contributed by atoms with Gasteiger partial charge in [-0.1, -0.05) is 44.5 Å². The van der Waals surface area contributed by atoms with Gasteiger partial charge in [0.25, 0.3) is 0 Å². The van der Waals surface area contributed by atoms with Gasteiger partial charge in [0.05, 0.1) is 5.75 Å². The molecule has 0 radical (unpaired) electrons. The second-order valence-electron chi connectivity index (χ2n) is 6.48. The Morgan fingerprint density at radius 1 is 1.00 bits per heavy atom. The standard InChI is InChI=1S/C22H28N2O2S/c1-4-6-13-20(25)23-18-11-8-12-19(14-18)27-15-21(26)24-22-16(3)9-7-10-17(22)5-2/h7-12,14H,4-6,13,15H2,1-3H3,(H,23,25)(H,24,26). The van der Waals surface area contributed by atoms with Gasteiger partial charge >= 0.3 is 0 Å². The number of rotatable bonds is 9. The molecule has 0 atom stereocenters. The number of hydrogen-bond acceptors (Lipinski definition) is 3. The van der Waals surface area contributed by atoms with E-state index in [1.54, 1.807) is 0 Å². The number of amides is 2. The van der Waals surface area contributed by atoms with Gasteiger partial charge in [0.2, 0.25) is 11.8 Å². The lowest BCUT2D eigenvalue weighted by Gasteiger charge is -2.13. The molecule has 0 aliphatic heterocycles. The van der Waals surface area contributed by atoms with Crippen LogP contribution in [0.5, 0.6) is 0 Å². The molecule has 0 spiro atoms. The van der Waals surface area contributed by atoms with E-state index < -0.39 is 0 Å². The third-order valence-electron chi connectivity index (χ3n) is 4.25. The van der Waals surface area contributed by atoms with Gasteiger partial charge in [-0.15, -0.1) is 11.8 Å². The van der Waals surface area contributed by atoms with Gasteiger partial charge < -0.3 is 10.6 Å². The van der Waals surface area contributed by atoms with Gasteiger partial charge in [0, 0.05) is 22.7 Å². The molecule has 0 fully saturated rings. The van der Waals surface area contributed by atoms with Crippen molar-refractivity contribution in [3.05, 3.63) is 53.6 Å². The lowest BCUT2D eigenvalue weighted by atomic mass is 10.1. The normalized spacial score (nSPS) is 10.5. The maximum Gasteiger partial charge on any atom is 0.234 e. The summed E-state index contributed by atoms with van der Waals surface area (Å²) in [6.45, 7) is 6.15. The van der Waals surface area contributed by atoms with Crippen molar-refractivity contribution < 1.29 is 9.59 Å². The van der Waals surface area contributed by atoms with Crippen LogP contribution in [-0.4, -0.2) is 17.6 Å². The minimum Gasteiger partial charge on any atom is -0.326 e. The van der Waals surface area contributed by atoms with Gasteiger partial charge in [0.15, 0.2) is 0 Å². The molecule has 2 aromatic rings. The van der Waals surface area contributed by atoms with Gasteiger partial charge in [-0.05, 0) is 49.1 Å². The zero-order valence-corrected chi connectivity index (χ0v) is 17.1. The lowest BCUT2D eigenvalue weighted by molar-refractivity contribution is -0.116. The molecule has 4 nitrogen and oxygen atoms in total. The molecule has 0 aromatic heterocycles. The first-order valence-electron chi connectivity index (χ1n) is 9.44. The summed E-state index contributed by atoms with van der Waals surface area (Å²) in [5.41, 5.74) is 3.91. The molecule has 2 N–H and O–H groups in total. The molecule has 0 aliphatic rings. The topological polar surface area (TPSA) is 58.2 Å². The third kappa shape index (κ3) is 6.75. The summed E-state index contributed by atoms with van der Waals surface area (Å²) in [5, 5.41) is 5.95. The number of anilines is 2. The van der Waals surface area contributed by atoms with E-state index in [0.29, 0.717) is 12.2 Å². The van der Waals surface area contributed by atoms with E-state index in [1.807, 2.05) is 49.4 Å². The summed E-state index contributed by atoms with van der Waals surface area (Å²) in [6.07, 6.45) is 3.30. The Balaban J connectivity index is 1.92. The average Bonchev–Trinajstić information content (AvgIpc) is 2.66. The molecule has 144 valence electrons. The Morgan fingerprint density at radius 2 is 1.78 bits per heavy atom. The Hall–Kier alpha value is -2.27. The fraction of sp³-hybridized carbons (Fsp3) is 0.364. The molecule has 2 rings (SSSR count). The maximum atomic E-state index is 12.4. The van der Waals surface area contributed by atoms with Gasteiger partial charge in [-0.2, -0.15) is 0 Å². The Bertz CT molecular complexity index is 790. The van der Waals surface area contributed by atoms with Crippen molar-refractivity contribution in [2.24, 2.45) is 0 Å². The molecule has 5 heteroatoms. The summed E-state index contributed by atoms with van der Waals surface area (Å²) >= 11 is 1.46. The number of para-hydroxylation sites is 1. The van der Waals surface area contributed by atoms with Crippen molar-refractivity contribution in [1.29, 1.82) is 0 Å². The van der Waals surface area contributed by atoms with E-state index in [-0.39, 0.29) is 11.8 Å². The fourth-order valence-corrected chi connectivity index (χ4v) is 3.51. The molecule has 0 saturated heterocycles. The quantitative estimate of drug-likeness (QED) is 0.568. The smallest absolute Gasteiger partial charge is 0.234 e. The minimum absolute atomic E-state index is 0.0265. The number of hydrogen-bond donors (Lipinski definition) is 2. The van der Waals surface area contributed by atoms with Crippen molar-refractivity contribution in [1.82, 2.24) is 0 Å². The van der Waals surface area contributed by atoms with Crippen LogP contribution >= 0.6 is 11.8 Å². The summed E-state index contributed by atoms with van der Waals surface area (Å²) in [5.74, 6) is 0.329. The van der Waals surface area contributed by atoms with Gasteiger partial charge in [-0.3, -0.25) is 9.59 Å². The summed E-state index contributed by atoms with van der Waals surface area (Å²) in [4.78, 5) is 25.2. The first-order chi connectivity index (χ1) is 13.0. The minimum atomic E-state index is -0.0265. The molecule has 0 bridgehead atoms. The van der Waals surface area contributed by atoms with Crippen molar-refractivity contribution >= 4 is 35.0 Å². The number of nitrogens with one attached hydrogen (secondary N) is 2. The molecule has 0 heterocycles. The Labute approximate surface area is 166 Å². The van der Waals surface area contributed by atoms with E-state index in [0.717, 1.165) is 46.7 Å². The zero-order chi connectivity index (χ0) is 19.6. The van der Waals surface area contributed by atoms with E-state index in [1.165, 1.54) is 11.8 Å². The molecule has 0 aliphatic carbocycles. The number of aryl methyl sites for hydroxylation is 2. The van der Waals surface area contributed by atoms with Crippen molar-refractivity contribution in [3.8, 4) is 0 Å². The lowest BCUT2D eigenvalue weighted by Crippen LogP contribution is -2.16. The zero-order valence-electron chi connectivity index (χ0n) is 16.3. The second-order valence-corrected chi connectivity index (χ2v) is 7.53. The van der Waals surface area contributed by atoms with Crippen molar-refractivity contribution in [2.45, 2.75) is 51.3 Å². The predicted molar refractivity (Wildman–Crippen MR) is 115 cm³/mol. The Kier molecular flexibility index (Phi) is 8.40. The molecule has 2 aromatic carbocycles. The predicted octanol–water partition coefficient (Wildman–Crippen LogP) is 5.42. The number of carbonyl (C=O) groups is 2. The first-order valence-corrected chi connectivity index (χ1v) is 10.4. The number of unbranched alkanes of at least 4 members (excludes halogenated alkanes) is 1. The molecular formula is C22H28N2O2S. The molecule has 27 heavy (non-hydrogen) atoms. The highest BCUT2D eigenvalue weighted by Gasteiger charge is 2.10. The first kappa shape index (κ1) is 21.0. The highest BCUT2D eigenvalue weighted by Crippen LogP contribution is 2.24. The average molecular weight is 385 g/mol. The molecule has 0 saturated carbocycles. The number of carbonyl (C=O) groups excluding carboxylic acids is 2. The van der Waals surface area contributed by atoms with Crippen LogP contribution in [0.15, 0.2) is 47.4 Å². The van der Waals surface area contributed by atoms with Crippen LogP contribution in [-0.2, 0) is 16.0 Å². The summed E-state index contributed by atoms with van der Waals surface area (Å²) in [7, 11) is 0. The summed E-state index contributed by atoms with van der Waals surface area (Å²) < 4.78 is 0. The van der Waals surface area contributed by atoms with Crippen LogP contribution in [0.4, 0.5) is 11.4 Å². The highest BCUT2D eigenvalue weighted by atomic mass is 32.2. The fourth-order valence-electron chi connectivity index (χ4n) is 2.75. The van der Waals surface area contributed by atoms with Crippen LogP contribution in [0, 0.1) is 6.92 Å². The van der Waals surface area contributed by atoms with Crippen LogP contribution < -0.4 is 10.6 Å². The van der Waals surface area contributed by atoms with Crippen molar-refractivity contribution in [3.63, 3.8) is 0 Å². The number of benzene rings is 2. The summed E-state index contributed by atoms with van der Waals surface area (Å²) in [6, 6.07) is 13.7. The molecular weight excluding hydrogens is 356 g/mol. The van der Waals surface area contributed by atoms with Crippen LogP contribution in [0.1, 0.15) is 44.2 Å². The SMILES string of the molecule is CCCCC(=O)Nc1cccc(SCC(=O)Nc2c(C)cccc2CC)c1. The van der Waals surface area contributed by atoms with E-state index in [4.69, 9.17) is 0 Å².